The molecule has 22 heavy (non-hydrogen) atoms. The fraction of sp³-hybridized carbons (Fsp3) is 0.312. The Bertz CT molecular complexity index is 926. The van der Waals surface area contributed by atoms with E-state index >= 15 is 0 Å². The first-order chi connectivity index (χ1) is 10.5. The Kier molecular flexibility index (Phi) is 3.70. The number of carbonyl (C=O) groups is 1. The van der Waals surface area contributed by atoms with Crippen molar-refractivity contribution in [3.05, 3.63) is 45.2 Å². The van der Waals surface area contributed by atoms with Crippen molar-refractivity contribution in [2.75, 3.05) is 0 Å². The second kappa shape index (κ2) is 5.53. The van der Waals surface area contributed by atoms with E-state index < -0.39 is 0 Å². The molecule has 0 fully saturated rings. The van der Waals surface area contributed by atoms with Gasteiger partial charge in [0, 0.05) is 12.2 Å². The monoisotopic (exact) mass is 315 g/mol. The normalized spacial score (nSPS) is 12.7. The largest absolute Gasteiger partial charge is 0.349 e. The molecule has 3 rings (SSSR count). The summed E-state index contributed by atoms with van der Waals surface area (Å²) in [5, 5.41) is 3.40. The van der Waals surface area contributed by atoms with E-state index in [1.54, 1.807) is 12.3 Å². The summed E-state index contributed by atoms with van der Waals surface area (Å²) in [6.45, 7) is 5.88. The third-order valence-electron chi connectivity index (χ3n) is 3.75. The van der Waals surface area contributed by atoms with Crippen LogP contribution in [0, 0.1) is 6.92 Å². The maximum Gasteiger partial charge on any atom is 0.266 e. The number of amides is 1. The zero-order chi connectivity index (χ0) is 15.9. The zero-order valence-corrected chi connectivity index (χ0v) is 13.5. The van der Waals surface area contributed by atoms with Gasteiger partial charge in [-0.25, -0.2) is 4.98 Å². The van der Waals surface area contributed by atoms with E-state index in [0.717, 1.165) is 12.0 Å². The quantitative estimate of drug-likeness (QED) is 0.808. The van der Waals surface area contributed by atoms with Gasteiger partial charge in [0.05, 0.1) is 10.3 Å². The van der Waals surface area contributed by atoms with Gasteiger partial charge in [-0.15, -0.1) is 11.3 Å². The molecule has 0 radical (unpaired) electrons. The lowest BCUT2D eigenvalue weighted by Gasteiger charge is -2.09. The molecule has 3 aromatic rings. The number of hydrogen-bond acceptors (Lipinski definition) is 4. The molecule has 0 saturated heterocycles. The molecule has 0 saturated carbocycles. The maximum atomic E-state index is 12.6. The number of fused-ring (bicyclic) bond motifs is 2. The van der Waals surface area contributed by atoms with Gasteiger partial charge in [0.25, 0.3) is 11.5 Å². The molecule has 0 unspecified atom stereocenters. The van der Waals surface area contributed by atoms with Gasteiger partial charge in [-0.05, 0) is 38.0 Å². The van der Waals surface area contributed by atoms with Crippen LogP contribution in [-0.4, -0.2) is 21.3 Å². The van der Waals surface area contributed by atoms with E-state index in [2.05, 4.69) is 10.3 Å². The lowest BCUT2D eigenvalue weighted by molar-refractivity contribution is 0.0943. The van der Waals surface area contributed by atoms with Gasteiger partial charge in [0.2, 0.25) is 0 Å². The minimum atomic E-state index is -0.150. The van der Waals surface area contributed by atoms with E-state index in [0.29, 0.717) is 20.7 Å². The molecule has 0 aliphatic heterocycles. The summed E-state index contributed by atoms with van der Waals surface area (Å²) in [5.41, 5.74) is 1.43. The average molecular weight is 315 g/mol. The third kappa shape index (κ3) is 2.39. The van der Waals surface area contributed by atoms with Crippen molar-refractivity contribution in [3.8, 4) is 0 Å². The van der Waals surface area contributed by atoms with Crippen molar-refractivity contribution in [2.24, 2.45) is 0 Å². The summed E-state index contributed by atoms with van der Waals surface area (Å²) < 4.78 is 1.53. The summed E-state index contributed by atoms with van der Waals surface area (Å²) in [6.07, 6.45) is 2.56. The molecule has 6 heteroatoms. The number of pyridine rings is 1. The number of thiophene rings is 1. The lowest BCUT2D eigenvalue weighted by atomic mass is 10.2. The second-order valence-electron chi connectivity index (χ2n) is 5.41. The second-order valence-corrected chi connectivity index (χ2v) is 6.44. The summed E-state index contributed by atoms with van der Waals surface area (Å²) in [5.74, 6) is -0.150. The number of rotatable bonds is 3. The molecule has 1 atom stereocenters. The van der Waals surface area contributed by atoms with Crippen LogP contribution in [0.25, 0.3) is 15.9 Å². The van der Waals surface area contributed by atoms with Crippen molar-refractivity contribution in [3.63, 3.8) is 0 Å². The van der Waals surface area contributed by atoms with Crippen LogP contribution in [0.3, 0.4) is 0 Å². The Morgan fingerprint density at radius 1 is 1.50 bits per heavy atom. The average Bonchev–Trinajstić information content (AvgIpc) is 2.93. The fourth-order valence-corrected chi connectivity index (χ4v) is 3.19. The highest BCUT2D eigenvalue weighted by atomic mass is 32.1. The maximum absolute atomic E-state index is 12.6. The Morgan fingerprint density at radius 2 is 2.27 bits per heavy atom. The van der Waals surface area contributed by atoms with Crippen LogP contribution in [-0.2, 0) is 0 Å². The van der Waals surface area contributed by atoms with E-state index in [-0.39, 0.29) is 17.5 Å². The standard InChI is InChI=1S/C16H17N3O2S/c1-4-10(3)17-14(20)12-8-11-15(22-12)18-13-9(2)6-5-7-19(13)16(11)21/h5-8,10H,4H2,1-3H3,(H,17,20)/t10-/m0/s1. The SMILES string of the molecule is CC[C@H](C)NC(=O)c1cc2c(=O)n3cccc(C)c3nc2s1. The van der Waals surface area contributed by atoms with E-state index in [4.69, 9.17) is 0 Å². The minimum absolute atomic E-state index is 0.105. The van der Waals surface area contributed by atoms with Gasteiger partial charge >= 0.3 is 0 Å². The minimum Gasteiger partial charge on any atom is -0.349 e. The van der Waals surface area contributed by atoms with Crippen molar-refractivity contribution >= 4 is 33.1 Å². The Balaban J connectivity index is 2.16. The summed E-state index contributed by atoms with van der Waals surface area (Å²) in [4.78, 5) is 30.4. The van der Waals surface area contributed by atoms with Crippen molar-refractivity contribution in [2.45, 2.75) is 33.2 Å². The Labute approximate surface area is 131 Å². The predicted octanol–water partition coefficient (Wildman–Crippen LogP) is 2.75. The molecule has 0 aliphatic rings. The van der Waals surface area contributed by atoms with Gasteiger partial charge in [-0.2, -0.15) is 0 Å². The van der Waals surface area contributed by atoms with Crippen LogP contribution >= 0.6 is 11.3 Å². The van der Waals surface area contributed by atoms with Crippen LogP contribution in [0.5, 0.6) is 0 Å². The molecule has 5 nitrogen and oxygen atoms in total. The van der Waals surface area contributed by atoms with Gasteiger partial charge in [0.15, 0.2) is 0 Å². The molecule has 3 aromatic heterocycles. The number of nitrogens with zero attached hydrogens (tertiary/aromatic N) is 2. The summed E-state index contributed by atoms with van der Waals surface area (Å²) in [6, 6.07) is 5.48. The predicted molar refractivity (Wildman–Crippen MR) is 88.8 cm³/mol. The number of nitrogens with one attached hydrogen (secondary N) is 1. The molecular formula is C16H17N3O2S. The highest BCUT2D eigenvalue weighted by Crippen LogP contribution is 2.22. The summed E-state index contributed by atoms with van der Waals surface area (Å²) in [7, 11) is 0. The van der Waals surface area contributed by atoms with Crippen LogP contribution in [0.1, 0.15) is 35.5 Å². The Morgan fingerprint density at radius 3 is 3.00 bits per heavy atom. The molecular weight excluding hydrogens is 298 g/mol. The van der Waals surface area contributed by atoms with Gasteiger partial charge < -0.3 is 5.32 Å². The fourth-order valence-electron chi connectivity index (χ4n) is 2.27. The van der Waals surface area contributed by atoms with Crippen molar-refractivity contribution in [1.82, 2.24) is 14.7 Å². The first-order valence-corrected chi connectivity index (χ1v) is 8.05. The van der Waals surface area contributed by atoms with E-state index in [1.807, 2.05) is 32.9 Å². The third-order valence-corrected chi connectivity index (χ3v) is 4.77. The summed E-state index contributed by atoms with van der Waals surface area (Å²) >= 11 is 1.26. The lowest BCUT2D eigenvalue weighted by Crippen LogP contribution is -2.31. The first-order valence-electron chi connectivity index (χ1n) is 7.23. The van der Waals surface area contributed by atoms with Crippen LogP contribution < -0.4 is 10.9 Å². The molecule has 1 N–H and O–H groups in total. The van der Waals surface area contributed by atoms with E-state index in [9.17, 15) is 9.59 Å². The highest BCUT2D eigenvalue weighted by molar-refractivity contribution is 7.20. The number of hydrogen-bond donors (Lipinski definition) is 1. The van der Waals surface area contributed by atoms with Crippen LogP contribution in [0.2, 0.25) is 0 Å². The topological polar surface area (TPSA) is 63.5 Å². The first kappa shape index (κ1) is 14.7. The van der Waals surface area contributed by atoms with Crippen molar-refractivity contribution in [1.29, 1.82) is 0 Å². The molecule has 3 heterocycles. The van der Waals surface area contributed by atoms with Gasteiger partial charge in [-0.1, -0.05) is 13.0 Å². The molecule has 0 bridgehead atoms. The molecule has 0 aliphatic carbocycles. The molecule has 0 aromatic carbocycles. The number of carbonyl (C=O) groups excluding carboxylic acids is 1. The van der Waals surface area contributed by atoms with Crippen LogP contribution in [0.4, 0.5) is 0 Å². The Hall–Kier alpha value is -2.21. The molecule has 0 spiro atoms. The zero-order valence-electron chi connectivity index (χ0n) is 12.7. The molecule has 114 valence electrons. The van der Waals surface area contributed by atoms with Gasteiger partial charge in [-0.3, -0.25) is 14.0 Å². The number of aromatic nitrogens is 2. The smallest absolute Gasteiger partial charge is 0.266 e. The van der Waals surface area contributed by atoms with Gasteiger partial charge in [0.1, 0.15) is 10.5 Å². The van der Waals surface area contributed by atoms with Crippen molar-refractivity contribution < 1.29 is 4.79 Å². The molecule has 1 amide bonds. The van der Waals surface area contributed by atoms with E-state index in [1.165, 1.54) is 15.7 Å². The van der Waals surface area contributed by atoms with Crippen LogP contribution in [0.15, 0.2) is 29.2 Å². The number of aryl methyl sites for hydroxylation is 1. The highest BCUT2D eigenvalue weighted by Gasteiger charge is 2.16.